The number of benzene rings is 2. The van der Waals surface area contributed by atoms with Crippen molar-refractivity contribution in [1.29, 1.82) is 0 Å². The third-order valence-electron chi connectivity index (χ3n) is 4.59. The SMILES string of the molecule is CN(C)S(=O)(=O)c1ccc(Cl)c(C(=O)N(Cc2c(F)cccc2Cl)C2CC2)c1. The van der Waals surface area contributed by atoms with Crippen LogP contribution in [0.2, 0.25) is 10.0 Å². The van der Waals surface area contributed by atoms with Crippen molar-refractivity contribution in [2.75, 3.05) is 14.1 Å². The van der Waals surface area contributed by atoms with Crippen molar-refractivity contribution in [3.05, 3.63) is 63.4 Å². The first kappa shape index (κ1) is 21.0. The zero-order chi connectivity index (χ0) is 20.6. The predicted octanol–water partition coefficient (Wildman–Crippen LogP) is 4.19. The molecular formula is C19H19Cl2FN2O3S. The quantitative estimate of drug-likeness (QED) is 0.670. The van der Waals surface area contributed by atoms with Crippen LogP contribution in [0.25, 0.3) is 0 Å². The molecule has 28 heavy (non-hydrogen) atoms. The third-order valence-corrected chi connectivity index (χ3v) is 7.08. The van der Waals surface area contributed by atoms with Crippen LogP contribution in [0.15, 0.2) is 41.3 Å². The fourth-order valence-electron chi connectivity index (χ4n) is 2.80. The van der Waals surface area contributed by atoms with Gasteiger partial charge in [0.2, 0.25) is 10.0 Å². The molecule has 1 aliphatic rings. The molecule has 2 aromatic rings. The van der Waals surface area contributed by atoms with Gasteiger partial charge in [0, 0.05) is 30.7 Å². The van der Waals surface area contributed by atoms with E-state index in [1.165, 1.54) is 49.3 Å². The highest BCUT2D eigenvalue weighted by Crippen LogP contribution is 2.33. The third kappa shape index (κ3) is 4.17. The molecule has 0 aromatic heterocycles. The van der Waals surface area contributed by atoms with Crippen LogP contribution < -0.4 is 0 Å². The van der Waals surface area contributed by atoms with Crippen molar-refractivity contribution >= 4 is 39.1 Å². The van der Waals surface area contributed by atoms with Gasteiger partial charge in [0.05, 0.1) is 22.0 Å². The van der Waals surface area contributed by atoms with Crippen LogP contribution in [0.4, 0.5) is 4.39 Å². The number of rotatable bonds is 6. The number of nitrogens with zero attached hydrogens (tertiary/aromatic N) is 2. The summed E-state index contributed by atoms with van der Waals surface area (Å²) in [6, 6.07) is 8.28. The second kappa shape index (κ2) is 7.99. The van der Waals surface area contributed by atoms with Crippen LogP contribution in [0, 0.1) is 5.82 Å². The molecule has 0 heterocycles. The summed E-state index contributed by atoms with van der Waals surface area (Å²) >= 11 is 12.3. The highest BCUT2D eigenvalue weighted by molar-refractivity contribution is 7.89. The summed E-state index contributed by atoms with van der Waals surface area (Å²) in [4.78, 5) is 14.7. The molecule has 3 rings (SSSR count). The van der Waals surface area contributed by atoms with E-state index >= 15 is 0 Å². The Morgan fingerprint density at radius 2 is 1.82 bits per heavy atom. The van der Waals surface area contributed by atoms with Gasteiger partial charge in [-0.05, 0) is 43.2 Å². The Labute approximate surface area is 173 Å². The first-order valence-corrected chi connectivity index (χ1v) is 10.8. The minimum Gasteiger partial charge on any atom is -0.331 e. The smallest absolute Gasteiger partial charge is 0.255 e. The lowest BCUT2D eigenvalue weighted by Gasteiger charge is -2.24. The molecule has 0 radical (unpaired) electrons. The number of hydrogen-bond donors (Lipinski definition) is 0. The van der Waals surface area contributed by atoms with Gasteiger partial charge in [-0.1, -0.05) is 29.3 Å². The van der Waals surface area contributed by atoms with Crippen LogP contribution in [0.5, 0.6) is 0 Å². The number of carbonyl (C=O) groups is 1. The van der Waals surface area contributed by atoms with Crippen LogP contribution in [-0.2, 0) is 16.6 Å². The Hall–Kier alpha value is -1.67. The zero-order valence-corrected chi connectivity index (χ0v) is 17.7. The Morgan fingerprint density at radius 1 is 1.14 bits per heavy atom. The number of amides is 1. The minimum absolute atomic E-state index is 0.0179. The van der Waals surface area contributed by atoms with Crippen molar-refractivity contribution in [2.24, 2.45) is 0 Å². The van der Waals surface area contributed by atoms with E-state index in [0.29, 0.717) is 0 Å². The average molecular weight is 445 g/mol. The van der Waals surface area contributed by atoms with Gasteiger partial charge < -0.3 is 4.90 Å². The average Bonchev–Trinajstić information content (AvgIpc) is 3.46. The van der Waals surface area contributed by atoms with Gasteiger partial charge in [0.25, 0.3) is 5.91 Å². The van der Waals surface area contributed by atoms with Gasteiger partial charge in [-0.15, -0.1) is 0 Å². The molecule has 5 nitrogen and oxygen atoms in total. The van der Waals surface area contributed by atoms with Crippen molar-refractivity contribution in [2.45, 2.75) is 30.3 Å². The maximum absolute atomic E-state index is 14.2. The largest absolute Gasteiger partial charge is 0.331 e. The molecule has 1 amide bonds. The molecule has 0 bridgehead atoms. The topological polar surface area (TPSA) is 57.7 Å². The number of sulfonamides is 1. The summed E-state index contributed by atoms with van der Waals surface area (Å²) in [5.41, 5.74) is 0.279. The summed E-state index contributed by atoms with van der Waals surface area (Å²) in [6.07, 6.45) is 1.57. The second-order valence-electron chi connectivity index (χ2n) is 6.79. The van der Waals surface area contributed by atoms with E-state index in [2.05, 4.69) is 0 Å². The van der Waals surface area contributed by atoms with Gasteiger partial charge >= 0.3 is 0 Å². The van der Waals surface area contributed by atoms with Gasteiger partial charge in [0.1, 0.15) is 5.82 Å². The number of halogens is 3. The summed E-state index contributed by atoms with van der Waals surface area (Å²) in [5.74, 6) is -0.955. The first-order valence-electron chi connectivity index (χ1n) is 8.59. The van der Waals surface area contributed by atoms with Crippen molar-refractivity contribution in [3.63, 3.8) is 0 Å². The fraction of sp³-hybridized carbons (Fsp3) is 0.316. The van der Waals surface area contributed by atoms with Crippen LogP contribution in [0.3, 0.4) is 0 Å². The molecular weight excluding hydrogens is 426 g/mol. The van der Waals surface area contributed by atoms with E-state index in [9.17, 15) is 17.6 Å². The maximum atomic E-state index is 14.2. The van der Waals surface area contributed by atoms with Crippen molar-refractivity contribution in [3.8, 4) is 0 Å². The van der Waals surface area contributed by atoms with Crippen LogP contribution >= 0.6 is 23.2 Å². The molecule has 0 aliphatic heterocycles. The van der Waals surface area contributed by atoms with Crippen molar-refractivity contribution in [1.82, 2.24) is 9.21 Å². The Kier molecular flexibility index (Phi) is 6.00. The minimum atomic E-state index is -3.73. The molecule has 150 valence electrons. The van der Waals surface area contributed by atoms with E-state index in [1.54, 1.807) is 6.07 Å². The maximum Gasteiger partial charge on any atom is 0.255 e. The molecule has 9 heteroatoms. The molecule has 1 aliphatic carbocycles. The molecule has 1 fully saturated rings. The molecule has 0 unspecified atom stereocenters. The van der Waals surface area contributed by atoms with Crippen LogP contribution in [0.1, 0.15) is 28.8 Å². The van der Waals surface area contributed by atoms with Gasteiger partial charge in [0.15, 0.2) is 0 Å². The number of carbonyl (C=O) groups excluding carboxylic acids is 1. The van der Waals surface area contributed by atoms with Gasteiger partial charge in [-0.3, -0.25) is 4.79 Å². The summed E-state index contributed by atoms with van der Waals surface area (Å²) in [5, 5.41) is 0.362. The monoisotopic (exact) mass is 444 g/mol. The molecule has 0 N–H and O–H groups in total. The van der Waals surface area contributed by atoms with E-state index in [1.807, 2.05) is 0 Å². The molecule has 1 saturated carbocycles. The predicted molar refractivity (Wildman–Crippen MR) is 107 cm³/mol. The number of hydrogen-bond acceptors (Lipinski definition) is 3. The lowest BCUT2D eigenvalue weighted by molar-refractivity contribution is 0.0728. The lowest BCUT2D eigenvalue weighted by Crippen LogP contribution is -2.33. The molecule has 0 saturated heterocycles. The highest BCUT2D eigenvalue weighted by atomic mass is 35.5. The molecule has 0 atom stereocenters. The lowest BCUT2D eigenvalue weighted by atomic mass is 10.1. The Morgan fingerprint density at radius 3 is 2.39 bits per heavy atom. The highest BCUT2D eigenvalue weighted by Gasteiger charge is 2.35. The van der Waals surface area contributed by atoms with Gasteiger partial charge in [-0.2, -0.15) is 0 Å². The summed E-state index contributed by atoms with van der Waals surface area (Å²) < 4.78 is 40.1. The Balaban J connectivity index is 1.99. The Bertz CT molecular complexity index is 1000. The standard InChI is InChI=1S/C19H19Cl2FN2O3S/c1-23(2)28(26,27)13-8-9-17(21)14(10-13)19(25)24(12-6-7-12)11-15-16(20)4-3-5-18(15)22/h3-5,8-10,12H,6-7,11H2,1-2H3. The van der Waals surface area contributed by atoms with Gasteiger partial charge in [-0.25, -0.2) is 17.1 Å². The van der Waals surface area contributed by atoms with E-state index in [0.717, 1.165) is 17.1 Å². The molecule has 2 aromatic carbocycles. The first-order chi connectivity index (χ1) is 13.1. The normalized spacial score (nSPS) is 14.4. The van der Waals surface area contributed by atoms with Crippen molar-refractivity contribution < 1.29 is 17.6 Å². The second-order valence-corrected chi connectivity index (χ2v) is 9.76. The van der Waals surface area contributed by atoms with E-state index < -0.39 is 21.7 Å². The molecule has 0 spiro atoms. The summed E-state index contributed by atoms with van der Waals surface area (Å²) in [6.45, 7) is -0.0179. The van der Waals surface area contributed by atoms with E-state index in [4.69, 9.17) is 23.2 Å². The summed E-state index contributed by atoms with van der Waals surface area (Å²) in [7, 11) is -0.920. The van der Waals surface area contributed by atoms with E-state index in [-0.39, 0.29) is 38.7 Å². The van der Waals surface area contributed by atoms with Crippen LogP contribution in [-0.4, -0.2) is 43.7 Å². The zero-order valence-electron chi connectivity index (χ0n) is 15.3. The fourth-order valence-corrected chi connectivity index (χ4v) is 4.15.